The zero-order valence-electron chi connectivity index (χ0n) is 28.2. The van der Waals surface area contributed by atoms with Crippen molar-refractivity contribution in [1.82, 2.24) is 30.1 Å². The number of amides is 3. The summed E-state index contributed by atoms with van der Waals surface area (Å²) in [4.78, 5) is 60.3. The van der Waals surface area contributed by atoms with Crippen LogP contribution in [0.1, 0.15) is 36.1 Å². The van der Waals surface area contributed by atoms with E-state index in [0.29, 0.717) is 23.0 Å². The van der Waals surface area contributed by atoms with Crippen molar-refractivity contribution in [2.45, 2.75) is 49.3 Å². The van der Waals surface area contributed by atoms with E-state index in [1.54, 1.807) is 52.1 Å². The number of aliphatic hydroxyl groups is 1. The number of fused-ring (bicyclic) bond motifs is 3. The molecular formula is C39H38N6O7. The topological polar surface area (TPSA) is 156 Å². The van der Waals surface area contributed by atoms with Crippen LogP contribution in [0.25, 0.3) is 11.0 Å². The molecule has 8 rings (SSSR count). The molecule has 4 aliphatic heterocycles. The molecule has 0 aliphatic carbocycles. The van der Waals surface area contributed by atoms with Crippen molar-refractivity contribution >= 4 is 34.7 Å². The first-order valence-electron chi connectivity index (χ1n) is 17.5. The molecule has 52 heavy (non-hydrogen) atoms. The van der Waals surface area contributed by atoms with Crippen molar-refractivity contribution in [3.63, 3.8) is 0 Å². The molecule has 2 fully saturated rings. The van der Waals surface area contributed by atoms with Gasteiger partial charge in [-0.3, -0.25) is 19.2 Å². The van der Waals surface area contributed by atoms with Gasteiger partial charge in [0.25, 0.3) is 5.91 Å². The Labute approximate surface area is 299 Å². The largest absolute Gasteiger partial charge is 0.463 e. The first-order valence-corrected chi connectivity index (χ1v) is 17.5. The van der Waals surface area contributed by atoms with Gasteiger partial charge in [0.05, 0.1) is 42.1 Å². The molecule has 0 radical (unpaired) electrons. The van der Waals surface area contributed by atoms with Gasteiger partial charge in [-0.15, -0.1) is 5.10 Å². The number of likely N-dealkylation sites (tertiary alicyclic amines) is 1. The first kappa shape index (κ1) is 33.5. The van der Waals surface area contributed by atoms with Gasteiger partial charge in [0.15, 0.2) is 0 Å². The van der Waals surface area contributed by atoms with E-state index in [4.69, 9.17) is 9.47 Å². The van der Waals surface area contributed by atoms with Crippen LogP contribution in [0.2, 0.25) is 0 Å². The summed E-state index contributed by atoms with van der Waals surface area (Å²) in [5, 5.41) is 22.5. The molecule has 4 aliphatic rings. The molecule has 5 bridgehead atoms. The van der Waals surface area contributed by atoms with Crippen LogP contribution < -0.4 is 5.32 Å². The molecule has 1 aromatic heterocycles. The number of aliphatic hydroxyl groups excluding tert-OH is 1. The highest BCUT2D eigenvalue weighted by Crippen LogP contribution is 2.57. The molecule has 7 atom stereocenters. The number of para-hydroxylation sites is 1. The third-order valence-corrected chi connectivity index (χ3v) is 10.5. The Balaban J connectivity index is 1.24. The molecule has 4 aromatic rings. The van der Waals surface area contributed by atoms with Crippen LogP contribution in [0.3, 0.4) is 0 Å². The zero-order valence-corrected chi connectivity index (χ0v) is 28.2. The van der Waals surface area contributed by atoms with Gasteiger partial charge in [0.1, 0.15) is 30.4 Å². The Morgan fingerprint density at radius 1 is 0.923 bits per heavy atom. The normalized spacial score (nSPS) is 28.9. The lowest BCUT2D eigenvalue weighted by atomic mass is 9.74. The summed E-state index contributed by atoms with van der Waals surface area (Å²) in [6, 6.07) is 22.8. The van der Waals surface area contributed by atoms with E-state index >= 15 is 4.79 Å². The quantitative estimate of drug-likeness (QED) is 0.228. The summed E-state index contributed by atoms with van der Waals surface area (Å²) < 4.78 is 13.9. The highest BCUT2D eigenvalue weighted by atomic mass is 16.5. The smallest absolute Gasteiger partial charge is 0.306 e. The van der Waals surface area contributed by atoms with Gasteiger partial charge in [-0.2, -0.15) is 0 Å². The van der Waals surface area contributed by atoms with Crippen LogP contribution in [-0.2, 0) is 35.3 Å². The van der Waals surface area contributed by atoms with Gasteiger partial charge in [-0.25, -0.2) is 4.68 Å². The molecule has 3 aromatic carbocycles. The second-order valence-electron chi connectivity index (χ2n) is 13.5. The number of carbonyl (C=O) groups excluding carboxylic acids is 4. The van der Waals surface area contributed by atoms with Crippen molar-refractivity contribution < 1.29 is 33.8 Å². The molecule has 13 nitrogen and oxygen atoms in total. The van der Waals surface area contributed by atoms with E-state index in [9.17, 15) is 19.5 Å². The summed E-state index contributed by atoms with van der Waals surface area (Å²) >= 11 is 0. The van der Waals surface area contributed by atoms with E-state index in [1.807, 2.05) is 66.7 Å². The minimum Gasteiger partial charge on any atom is -0.463 e. The Hall–Kier alpha value is -5.66. The highest BCUT2D eigenvalue weighted by molar-refractivity contribution is 6.00. The Bertz CT molecular complexity index is 2050. The second kappa shape index (κ2) is 13.8. The number of rotatable bonds is 6. The van der Waals surface area contributed by atoms with Crippen LogP contribution in [0.15, 0.2) is 109 Å². The van der Waals surface area contributed by atoms with Gasteiger partial charge < -0.3 is 29.7 Å². The summed E-state index contributed by atoms with van der Waals surface area (Å²) in [6.45, 7) is -0.495. The lowest BCUT2D eigenvalue weighted by molar-refractivity contribution is -0.151. The SMILES string of the molecule is O=C1CC/C=C\CN(Cn2nnc3ccccc32)C(=O)[C@@H]2N([C@H](CO)c3ccccc3)C(=O)[C@H]3[C@H](C(=O)N[C@H](c4ccccc4)CO1)[C@@H]1C=C[C@]23O1. The average molecular weight is 703 g/mol. The lowest BCUT2D eigenvalue weighted by Gasteiger charge is -2.38. The number of cyclic esters (lactones) is 1. The molecule has 1 spiro atoms. The molecule has 266 valence electrons. The predicted molar refractivity (Wildman–Crippen MR) is 187 cm³/mol. The zero-order chi connectivity index (χ0) is 35.8. The fourth-order valence-corrected chi connectivity index (χ4v) is 8.07. The molecular weight excluding hydrogens is 664 g/mol. The number of benzene rings is 3. The fraction of sp³-hybridized carbons (Fsp3) is 0.333. The fourth-order valence-electron chi connectivity index (χ4n) is 8.07. The van der Waals surface area contributed by atoms with Crippen molar-refractivity contribution in [2.24, 2.45) is 11.8 Å². The first-order chi connectivity index (χ1) is 25.4. The molecule has 2 N–H and O–H groups in total. The Morgan fingerprint density at radius 3 is 2.46 bits per heavy atom. The van der Waals surface area contributed by atoms with Gasteiger partial charge in [0, 0.05) is 13.0 Å². The number of nitrogens with zero attached hydrogens (tertiary/aromatic N) is 5. The van der Waals surface area contributed by atoms with Crippen LogP contribution >= 0.6 is 0 Å². The molecule has 3 amide bonds. The Morgan fingerprint density at radius 2 is 1.67 bits per heavy atom. The van der Waals surface area contributed by atoms with Crippen LogP contribution in [0.5, 0.6) is 0 Å². The van der Waals surface area contributed by atoms with Crippen molar-refractivity contribution in [1.29, 1.82) is 0 Å². The molecule has 13 heteroatoms. The Kier molecular flexibility index (Phi) is 8.89. The number of esters is 1. The summed E-state index contributed by atoms with van der Waals surface area (Å²) in [7, 11) is 0. The maximum absolute atomic E-state index is 15.2. The number of allylic oxidation sites excluding steroid dienone is 1. The highest BCUT2D eigenvalue weighted by Gasteiger charge is 2.74. The van der Waals surface area contributed by atoms with Gasteiger partial charge in [-0.05, 0) is 29.7 Å². The summed E-state index contributed by atoms with van der Waals surface area (Å²) in [5.74, 6) is -3.90. The summed E-state index contributed by atoms with van der Waals surface area (Å²) in [6.07, 6.45) is 6.75. The second-order valence-corrected chi connectivity index (χ2v) is 13.5. The molecule has 2 saturated heterocycles. The standard InChI is InChI=1S/C39H38N6O7/c46-22-30(26-14-6-2-7-15-26)45-35-38(50)43(24-44-29-17-10-9-16-27(29)41-42-44)21-11-3-8-18-32(47)51-23-28(25-12-4-1-5-13-25)40-36(48)33-31-19-20-39(35,52-31)34(33)37(45)49/h1-7,9-17,19-20,28,30-31,33-35,46H,8,18,21-24H2,(H,40,48)/b11-3-/t28-,30+,31-,33+,34+,35-,39+/m0/s1. The average Bonchev–Trinajstić information content (AvgIpc) is 3.93. The van der Waals surface area contributed by atoms with Crippen molar-refractivity contribution in [3.8, 4) is 0 Å². The van der Waals surface area contributed by atoms with E-state index in [0.717, 1.165) is 5.56 Å². The lowest BCUT2D eigenvalue weighted by Crippen LogP contribution is -2.57. The van der Waals surface area contributed by atoms with E-state index < -0.39 is 72.0 Å². The minimum absolute atomic E-state index is 0.0179. The number of hydrogen-bond donors (Lipinski definition) is 2. The number of carbonyl (C=O) groups is 4. The van der Waals surface area contributed by atoms with Crippen LogP contribution in [0, 0.1) is 11.8 Å². The van der Waals surface area contributed by atoms with Gasteiger partial charge in [0.2, 0.25) is 11.8 Å². The maximum Gasteiger partial charge on any atom is 0.306 e. The van der Waals surface area contributed by atoms with E-state index in [-0.39, 0.29) is 26.2 Å². The number of ether oxygens (including phenoxy) is 2. The third-order valence-electron chi connectivity index (χ3n) is 10.5. The van der Waals surface area contributed by atoms with Crippen LogP contribution in [-0.4, -0.2) is 91.1 Å². The van der Waals surface area contributed by atoms with Gasteiger partial charge in [-0.1, -0.05) is 102 Å². The predicted octanol–water partition coefficient (Wildman–Crippen LogP) is 2.85. The minimum atomic E-state index is -1.50. The monoisotopic (exact) mass is 702 g/mol. The molecule has 0 saturated carbocycles. The number of nitrogens with one attached hydrogen (secondary N) is 1. The van der Waals surface area contributed by atoms with Crippen LogP contribution in [0.4, 0.5) is 0 Å². The molecule has 0 unspecified atom stereocenters. The maximum atomic E-state index is 15.2. The summed E-state index contributed by atoms with van der Waals surface area (Å²) in [5.41, 5.74) is 1.22. The number of hydrogen-bond acceptors (Lipinski definition) is 9. The van der Waals surface area contributed by atoms with E-state index in [1.165, 1.54) is 4.90 Å². The van der Waals surface area contributed by atoms with Gasteiger partial charge >= 0.3 is 5.97 Å². The third kappa shape index (κ3) is 5.75. The molecule has 5 heterocycles. The number of aromatic nitrogens is 3. The van der Waals surface area contributed by atoms with E-state index in [2.05, 4.69) is 15.6 Å². The van der Waals surface area contributed by atoms with Crippen molar-refractivity contribution in [2.75, 3.05) is 19.8 Å². The van der Waals surface area contributed by atoms with Crippen molar-refractivity contribution in [3.05, 3.63) is 120 Å².